The molecule has 3 rings (SSSR count). The Morgan fingerprint density at radius 3 is 2.18 bits per heavy atom. The molecule has 2 atom stereocenters. The second-order valence-electron chi connectivity index (χ2n) is 7.82. The summed E-state index contributed by atoms with van der Waals surface area (Å²) in [6.07, 6.45) is 5.03. The molecule has 2 aromatic carbocycles. The third-order valence-corrected chi connectivity index (χ3v) is 6.56. The maximum atomic E-state index is 7.32. The molecule has 2 unspecified atom stereocenters. The van der Waals surface area contributed by atoms with E-state index in [4.69, 9.17) is 5.26 Å². The molecular formula is C25H33BrN2. The van der Waals surface area contributed by atoms with E-state index >= 15 is 0 Å². The van der Waals surface area contributed by atoms with Crippen LogP contribution in [0.2, 0.25) is 0 Å². The highest BCUT2D eigenvalue weighted by molar-refractivity contribution is 9.09. The van der Waals surface area contributed by atoms with Crippen LogP contribution < -0.4 is 0 Å². The predicted octanol–water partition coefficient (Wildman–Crippen LogP) is 6.70. The average molecular weight is 441 g/mol. The van der Waals surface area contributed by atoms with Gasteiger partial charge in [0.2, 0.25) is 0 Å². The smallest absolute Gasteiger partial charge is 0.0587 e. The van der Waals surface area contributed by atoms with E-state index in [1.165, 1.54) is 49.3 Å². The summed E-state index contributed by atoms with van der Waals surface area (Å²) < 4.78 is 0. The molecule has 1 saturated carbocycles. The minimum absolute atomic E-state index is 0.581. The van der Waals surface area contributed by atoms with Crippen molar-refractivity contribution in [1.29, 1.82) is 5.26 Å². The topological polar surface area (TPSA) is 27.0 Å². The van der Waals surface area contributed by atoms with Gasteiger partial charge < -0.3 is 0 Å². The van der Waals surface area contributed by atoms with Gasteiger partial charge in [-0.25, -0.2) is 0 Å². The number of nitrogens with zero attached hydrogens (tertiary/aromatic N) is 2. The molecule has 0 amide bonds. The number of alkyl halides is 1. The van der Waals surface area contributed by atoms with E-state index in [9.17, 15) is 0 Å². The molecule has 1 aliphatic rings. The van der Waals surface area contributed by atoms with E-state index in [1.807, 2.05) is 0 Å². The quantitative estimate of drug-likeness (QED) is 0.426. The van der Waals surface area contributed by atoms with Crippen LogP contribution in [0, 0.1) is 11.3 Å². The van der Waals surface area contributed by atoms with Crippen LogP contribution in [0.5, 0.6) is 0 Å². The molecule has 0 aromatic heterocycles. The van der Waals surface area contributed by atoms with Crippen LogP contribution in [-0.2, 0) is 13.0 Å². The molecular weight excluding hydrogens is 408 g/mol. The Balaban J connectivity index is 0.000000878. The molecule has 1 aliphatic carbocycles. The van der Waals surface area contributed by atoms with Gasteiger partial charge in [0.05, 0.1) is 6.07 Å². The number of rotatable bonds is 8. The lowest BCUT2D eigenvalue weighted by molar-refractivity contribution is 0.210. The van der Waals surface area contributed by atoms with Gasteiger partial charge in [-0.1, -0.05) is 70.5 Å². The van der Waals surface area contributed by atoms with Gasteiger partial charge in [-0.3, -0.25) is 4.90 Å². The van der Waals surface area contributed by atoms with E-state index in [-0.39, 0.29) is 0 Å². The van der Waals surface area contributed by atoms with Crippen molar-refractivity contribution in [3.05, 3.63) is 71.3 Å². The van der Waals surface area contributed by atoms with Crippen LogP contribution in [0.15, 0.2) is 54.6 Å². The van der Waals surface area contributed by atoms with Crippen molar-refractivity contribution in [3.8, 4) is 6.07 Å². The minimum Gasteiger partial charge on any atom is -0.297 e. The second kappa shape index (κ2) is 12.0. The van der Waals surface area contributed by atoms with E-state index in [0.29, 0.717) is 10.9 Å². The van der Waals surface area contributed by atoms with Crippen molar-refractivity contribution >= 4 is 15.9 Å². The molecule has 1 fully saturated rings. The summed E-state index contributed by atoms with van der Waals surface area (Å²) in [4.78, 5) is 3.27. The van der Waals surface area contributed by atoms with E-state index in [2.05, 4.69) is 89.3 Å². The highest BCUT2D eigenvalue weighted by atomic mass is 79.9. The number of halogens is 1. The molecule has 28 heavy (non-hydrogen) atoms. The summed E-state index contributed by atoms with van der Waals surface area (Å²) in [5.74, 6) is 0.733. The molecule has 0 heterocycles. The Hall–Kier alpha value is -1.63. The fourth-order valence-electron chi connectivity index (χ4n) is 3.59. The zero-order chi connectivity index (χ0) is 20.4. The van der Waals surface area contributed by atoms with Crippen molar-refractivity contribution < 1.29 is 0 Å². The van der Waals surface area contributed by atoms with Gasteiger partial charge in [-0.05, 0) is 68.7 Å². The number of nitriles is 1. The van der Waals surface area contributed by atoms with Crippen molar-refractivity contribution in [2.45, 2.75) is 69.8 Å². The third-order valence-electron chi connectivity index (χ3n) is 5.47. The third kappa shape index (κ3) is 7.08. The zero-order valence-electron chi connectivity index (χ0n) is 17.4. The van der Waals surface area contributed by atoms with Crippen LogP contribution in [0.4, 0.5) is 0 Å². The van der Waals surface area contributed by atoms with Gasteiger partial charge in [-0.2, -0.15) is 5.26 Å². The lowest BCUT2D eigenvalue weighted by atomic mass is 9.79. The normalized spacial score (nSPS) is 18.2. The van der Waals surface area contributed by atoms with Crippen LogP contribution >= 0.6 is 15.9 Å². The molecule has 0 radical (unpaired) electrons. The lowest BCUT2D eigenvalue weighted by Crippen LogP contribution is -2.31. The number of benzene rings is 2. The Kier molecular flexibility index (Phi) is 9.75. The van der Waals surface area contributed by atoms with Gasteiger partial charge in [-0.15, -0.1) is 0 Å². The molecule has 0 aliphatic heterocycles. The minimum atomic E-state index is 0.581. The first-order chi connectivity index (χ1) is 13.5. The molecule has 0 bridgehead atoms. The first kappa shape index (κ1) is 22.7. The first-order valence-electron chi connectivity index (χ1n) is 10.4. The van der Waals surface area contributed by atoms with Gasteiger partial charge in [0.15, 0.2) is 0 Å². The molecule has 2 aromatic rings. The average Bonchev–Trinajstić information content (AvgIpc) is 2.68. The van der Waals surface area contributed by atoms with Crippen molar-refractivity contribution in [3.63, 3.8) is 0 Å². The van der Waals surface area contributed by atoms with Crippen molar-refractivity contribution in [1.82, 2.24) is 4.90 Å². The van der Waals surface area contributed by atoms with Crippen LogP contribution in [0.25, 0.3) is 0 Å². The molecule has 150 valence electrons. The molecule has 2 nitrogen and oxygen atoms in total. The molecule has 3 heteroatoms. The van der Waals surface area contributed by atoms with Crippen LogP contribution in [0.3, 0.4) is 0 Å². The van der Waals surface area contributed by atoms with Gasteiger partial charge in [0, 0.05) is 24.3 Å². The predicted molar refractivity (Wildman–Crippen MR) is 123 cm³/mol. The standard InChI is InChI=1S/C23H30BrN.C2H3N/c1-18(2)25(17-20-7-4-3-5-8-20)16-6-9-19-10-12-21(13-11-19)22-14-15-23(22)24;1-2-3/h3-5,7-8,10-13,18,22-23H,6,9,14-17H2,1-2H3;1H3. The summed E-state index contributed by atoms with van der Waals surface area (Å²) in [7, 11) is 0. The van der Waals surface area contributed by atoms with E-state index in [0.717, 1.165) is 19.0 Å². The molecule has 0 spiro atoms. The lowest BCUT2D eigenvalue weighted by Gasteiger charge is -2.32. The summed E-state index contributed by atoms with van der Waals surface area (Å²) in [5.41, 5.74) is 4.38. The van der Waals surface area contributed by atoms with Gasteiger partial charge in [0.25, 0.3) is 0 Å². The SMILES string of the molecule is CC#N.CC(C)N(CCCc1ccc(C2CCC2Br)cc1)Cc1ccccc1. The summed E-state index contributed by atoms with van der Waals surface area (Å²) >= 11 is 3.77. The number of hydrogen-bond donors (Lipinski definition) is 0. The number of hydrogen-bond acceptors (Lipinski definition) is 2. The second-order valence-corrected chi connectivity index (χ2v) is 8.99. The summed E-state index contributed by atoms with van der Waals surface area (Å²) in [5, 5.41) is 7.32. The largest absolute Gasteiger partial charge is 0.297 e. The highest BCUT2D eigenvalue weighted by Crippen LogP contribution is 2.41. The highest BCUT2D eigenvalue weighted by Gasteiger charge is 2.29. The monoisotopic (exact) mass is 440 g/mol. The Bertz CT molecular complexity index is 718. The van der Waals surface area contributed by atoms with Crippen LogP contribution in [-0.4, -0.2) is 22.3 Å². The van der Waals surface area contributed by atoms with Crippen LogP contribution in [0.1, 0.15) is 62.6 Å². The van der Waals surface area contributed by atoms with Crippen molar-refractivity contribution in [2.24, 2.45) is 0 Å². The summed E-state index contributed by atoms with van der Waals surface area (Å²) in [6.45, 7) is 8.23. The zero-order valence-corrected chi connectivity index (χ0v) is 19.0. The van der Waals surface area contributed by atoms with Crippen molar-refractivity contribution in [2.75, 3.05) is 6.54 Å². The fraction of sp³-hybridized carbons (Fsp3) is 0.480. The van der Waals surface area contributed by atoms with E-state index < -0.39 is 0 Å². The first-order valence-corrected chi connectivity index (χ1v) is 11.3. The maximum Gasteiger partial charge on any atom is 0.0587 e. The Morgan fingerprint density at radius 1 is 1.04 bits per heavy atom. The summed E-state index contributed by atoms with van der Waals surface area (Å²) in [6, 6.07) is 22.5. The molecule has 0 N–H and O–H groups in total. The van der Waals surface area contributed by atoms with E-state index in [1.54, 1.807) is 6.07 Å². The Morgan fingerprint density at radius 2 is 1.68 bits per heavy atom. The molecule has 0 saturated heterocycles. The fourth-order valence-corrected chi connectivity index (χ4v) is 4.42. The van der Waals surface area contributed by atoms with Gasteiger partial charge >= 0.3 is 0 Å². The Labute approximate surface area is 179 Å². The van der Waals surface area contributed by atoms with Gasteiger partial charge in [0.1, 0.15) is 0 Å². The number of aryl methyl sites for hydroxylation is 1. The maximum absolute atomic E-state index is 7.32.